The fraction of sp³-hybridized carbons (Fsp3) is 0.853. The van der Waals surface area contributed by atoms with Crippen molar-refractivity contribution in [2.75, 3.05) is 39.6 Å². The van der Waals surface area contributed by atoms with Crippen molar-refractivity contribution in [3.05, 3.63) is 60.3 Å². The zero-order valence-electron chi connectivity index (χ0n) is 81.4. The number of hydrogen-bond acceptors (Lipinski definition) is 45. The van der Waals surface area contributed by atoms with Crippen molar-refractivity contribution in [2.24, 2.45) is 50.2 Å². The van der Waals surface area contributed by atoms with Crippen molar-refractivity contribution in [1.82, 2.24) is 5.32 Å². The minimum Gasteiger partial charge on any atom is -0.458 e. The summed E-state index contributed by atoms with van der Waals surface area (Å²) in [6.07, 6.45) is -61.3. The molecule has 13 rings (SSSR count). The summed E-state index contributed by atoms with van der Waals surface area (Å²) < 4.78 is 109. The van der Waals surface area contributed by atoms with E-state index in [0.717, 1.165) is 18.6 Å². The zero-order valence-corrected chi connectivity index (χ0v) is 81.4. The van der Waals surface area contributed by atoms with Gasteiger partial charge in [0.05, 0.1) is 87.4 Å². The Morgan fingerprint density at radius 3 is 1.65 bits per heavy atom. The average Bonchev–Trinajstić information content (AvgIpc) is 0.666. The van der Waals surface area contributed by atoms with Gasteiger partial charge in [-0.2, -0.15) is 0 Å². The summed E-state index contributed by atoms with van der Waals surface area (Å²) >= 11 is 0. The number of ether oxygens (including phenoxy) is 18. The van der Waals surface area contributed by atoms with E-state index in [0.29, 0.717) is 32.1 Å². The maximum absolute atomic E-state index is 16.5. The van der Waals surface area contributed by atoms with Crippen LogP contribution in [0.5, 0.6) is 0 Å². The van der Waals surface area contributed by atoms with E-state index in [2.05, 4.69) is 52.2 Å². The Bertz CT molecular complexity index is 4370. The minimum atomic E-state index is -2.35. The van der Waals surface area contributed by atoms with Crippen LogP contribution in [0.25, 0.3) is 0 Å². The molecule has 12 fully saturated rings. The molecule has 0 bridgehead atoms. The molecule has 46 nitrogen and oxygen atoms in total. The molecule has 5 aliphatic carbocycles. The second-order valence-corrected chi connectivity index (χ2v) is 42.8. The topological polar surface area (TPSA) is 712 Å². The highest BCUT2D eigenvalue weighted by molar-refractivity contribution is 5.89. The first-order chi connectivity index (χ1) is 66.0. The van der Waals surface area contributed by atoms with Gasteiger partial charge in [0.1, 0.15) is 170 Å². The molecule has 804 valence electrons. The van der Waals surface area contributed by atoms with Crippen molar-refractivity contribution in [2.45, 2.75) is 418 Å². The quantitative estimate of drug-likeness (QED) is 0.0133. The van der Waals surface area contributed by atoms with E-state index in [9.17, 15) is 127 Å². The number of carbonyl (C=O) groups is 4. The Kier molecular flexibility index (Phi) is 35.9. The molecule has 0 aromatic carbocycles. The van der Waals surface area contributed by atoms with Crippen LogP contribution < -0.4 is 5.32 Å². The van der Waals surface area contributed by atoms with Gasteiger partial charge in [0.25, 0.3) is 0 Å². The van der Waals surface area contributed by atoms with E-state index < -0.39 is 371 Å². The summed E-state index contributed by atoms with van der Waals surface area (Å²) in [6, 6.07) is -1.49. The molecule has 46 heteroatoms. The highest BCUT2D eigenvalue weighted by atomic mass is 16.8. The lowest BCUT2D eigenvalue weighted by molar-refractivity contribution is -0.392. The van der Waals surface area contributed by atoms with Gasteiger partial charge in [-0.1, -0.05) is 78.3 Å². The molecule has 0 spiro atoms. The van der Waals surface area contributed by atoms with E-state index in [1.165, 1.54) is 45.9 Å². The van der Waals surface area contributed by atoms with Crippen LogP contribution in [0.15, 0.2) is 60.3 Å². The molecule has 4 saturated carbocycles. The lowest BCUT2D eigenvalue weighted by atomic mass is 9.33. The number of aliphatic hydroxyl groups is 23. The van der Waals surface area contributed by atoms with Crippen LogP contribution in [0.1, 0.15) is 154 Å². The van der Waals surface area contributed by atoms with Crippen LogP contribution >= 0.6 is 0 Å². The molecule has 13 aliphatic rings. The van der Waals surface area contributed by atoms with Gasteiger partial charge in [-0.05, 0) is 138 Å². The molecule has 24 N–H and O–H groups in total. The van der Waals surface area contributed by atoms with Crippen molar-refractivity contribution >= 4 is 23.8 Å². The molecule has 8 heterocycles. The molecule has 0 aromatic rings. The van der Waals surface area contributed by atoms with Crippen molar-refractivity contribution < 1.29 is 222 Å². The fourth-order valence-electron chi connectivity index (χ4n) is 24.2. The normalized spacial score (nSPS) is 48.6. The number of rotatable bonds is 31. The highest BCUT2D eigenvalue weighted by Crippen LogP contribution is 2.76. The number of carbonyl (C=O) groups excluding carboxylic acids is 4. The molecule has 12 unspecified atom stereocenters. The second kappa shape index (κ2) is 44.7. The van der Waals surface area contributed by atoms with E-state index in [4.69, 9.17) is 85.3 Å². The van der Waals surface area contributed by atoms with Crippen LogP contribution in [-0.4, -0.2) is 444 Å². The number of fused-ring (bicyclic) bond motifs is 7. The maximum atomic E-state index is 16.5. The van der Waals surface area contributed by atoms with E-state index in [1.807, 2.05) is 6.92 Å². The molecule has 0 radical (unpaired) electrons. The number of hydrogen-bond donors (Lipinski definition) is 24. The van der Waals surface area contributed by atoms with Gasteiger partial charge < -0.3 is 208 Å². The van der Waals surface area contributed by atoms with Gasteiger partial charge >= 0.3 is 17.9 Å². The lowest BCUT2D eigenvalue weighted by Gasteiger charge is -2.72. The van der Waals surface area contributed by atoms with Crippen LogP contribution in [0.4, 0.5) is 0 Å². The Hall–Kier alpha value is -4.94. The summed E-state index contributed by atoms with van der Waals surface area (Å²) in [6.45, 7) is 25.6. The van der Waals surface area contributed by atoms with Crippen LogP contribution in [-0.2, 0) is 104 Å². The van der Waals surface area contributed by atoms with E-state index in [-0.39, 0.29) is 49.7 Å². The largest absolute Gasteiger partial charge is 0.458 e. The maximum Gasteiger partial charge on any atom is 0.336 e. The molecular formula is C95H149NO45. The van der Waals surface area contributed by atoms with Crippen LogP contribution in [0.2, 0.25) is 0 Å². The lowest BCUT2D eigenvalue weighted by Crippen LogP contribution is -2.69. The van der Waals surface area contributed by atoms with Gasteiger partial charge in [0.15, 0.2) is 50.1 Å². The van der Waals surface area contributed by atoms with Crippen molar-refractivity contribution in [1.29, 1.82) is 0 Å². The van der Waals surface area contributed by atoms with Gasteiger partial charge in [-0.25, -0.2) is 9.59 Å². The van der Waals surface area contributed by atoms with Gasteiger partial charge in [0.2, 0.25) is 12.2 Å². The van der Waals surface area contributed by atoms with Crippen LogP contribution in [0, 0.1) is 50.2 Å². The minimum absolute atomic E-state index is 0.0589. The first kappa shape index (κ1) is 113. The Balaban J connectivity index is 0.762. The SMILES string of the molecule is C=C[C@H](/C=C(\CO)C(=O)OC1CC2(C(=O)O[C@@H]3O[C@H](CO)[C@@H](O[C@@H]4O[C@H](C)[C@@H](O[C@@H]5O[C@H](CO)[C@@H](O)[C@H](O)[C@H]5O)[C@H](O[C@@H]5OC[C@@H](O)[C@@H](O)[C@@H]5O)[C@@H]4O)[C@H](O)[C@H]3O)C(O)CC3(C)C(=CCC4C5(C)CCC(OC[C@H]6O[C@@H](O)[C@H](NC(C)=O)[C@@H](O)[C@@H]6O[C@@H]6O[C@H](C)[C@H](O[C@@H]7OC[C@@H](O)[C@H](O)[C@H]7O)[C@H](O)[C@H]6O)C(C)(C)C5CCC43C)C2CC1(C)C)OC1O[C@@H](C)[C@H](OC(=O)/C(C)=C\CCC(C)(O)C=C)[C@@H](O)[C@@H]1O. The third-order valence-corrected chi connectivity index (χ3v) is 32.9. The van der Waals surface area contributed by atoms with E-state index >= 15 is 9.59 Å². The number of aliphatic hydroxyl groups excluding tert-OH is 22. The molecule has 50 atom stereocenters. The summed E-state index contributed by atoms with van der Waals surface area (Å²) in [5.41, 5.74) is -7.15. The third kappa shape index (κ3) is 22.1. The molecule has 0 aromatic heterocycles. The molecule has 8 aliphatic heterocycles. The number of nitrogens with one attached hydrogen (secondary N) is 1. The van der Waals surface area contributed by atoms with Gasteiger partial charge in [-0.3, -0.25) is 9.59 Å². The second-order valence-electron chi connectivity index (χ2n) is 42.8. The molecular weight excluding hydrogens is 1880 g/mol. The summed E-state index contributed by atoms with van der Waals surface area (Å²) in [7, 11) is 0. The molecule has 8 saturated heterocycles. The van der Waals surface area contributed by atoms with Crippen LogP contribution in [0.3, 0.4) is 0 Å². The number of esters is 3. The summed E-state index contributed by atoms with van der Waals surface area (Å²) in [5.74, 6) is -5.26. The predicted octanol–water partition coefficient (Wildman–Crippen LogP) is -6.06. The Labute approximate surface area is 815 Å². The standard InChI is InChI=1S/C95H149NO45/c1-16-43(130-83-68(115)62(109)72(38(4)127-83)135-78(119)37(3)19-18-24-91(12,123)17-2)27-42(31-97)79(120)134-55-30-95(88(122)141-86-70(117)64(111)75(49(33-99)133-86)138-87-71(118)77(140-82-66(113)58(105)47(102)35-126-82)74(40(6)129-87)137-85-67(114)61(108)59(106)48(32-98)132-85)45(28-89(55,8)9)44-20-21-52-92(13)25-23-54(90(10,11)51(92)22-26-93(52,14)94(44,15)29-53(95)103)124-36-50-76(60(107)56(80(121)131-50)96-41(7)100)139-84-69(116)63(110)73(39(5)128-84)136-81-65(112)57(104)46(101)34-125-81/h16-17,19-20,27,38-40,43,45-77,80-87,97-99,101-118,121,123H,1-2,18,21-26,28-36H2,3-15H3,(H,96,100)/b37-19-,42-27+/t38-,39+,40+,43+,45?,46+,47+,48+,49+,50+,51?,52?,53?,54?,55?,56+,57-,58+,59+,60+,61-,62-,63+,64+,65+,66-,67+,68-,69+,70+,71-,72-,73-,74+,75+,76+,77+,80+,81-,82-,83?,84-,85-,86-,87-,91?,92?,93?,94?,95?/m0/s1. The highest BCUT2D eigenvalue weighted by Gasteiger charge is 2.74. The number of amides is 1. The van der Waals surface area contributed by atoms with Crippen molar-refractivity contribution in [3.8, 4) is 0 Å². The molecule has 141 heavy (non-hydrogen) atoms. The molecule has 1 amide bonds. The fourth-order valence-corrected chi connectivity index (χ4v) is 24.2. The van der Waals surface area contributed by atoms with Crippen molar-refractivity contribution in [3.63, 3.8) is 0 Å². The first-order valence-electron chi connectivity index (χ1n) is 48.5. The smallest absolute Gasteiger partial charge is 0.336 e. The average molecular weight is 2030 g/mol. The summed E-state index contributed by atoms with van der Waals surface area (Å²) in [5, 5.41) is 261. The zero-order chi connectivity index (χ0) is 104. The first-order valence-corrected chi connectivity index (χ1v) is 48.5. The predicted molar refractivity (Wildman–Crippen MR) is 474 cm³/mol. The monoisotopic (exact) mass is 2020 g/mol. The van der Waals surface area contributed by atoms with Gasteiger partial charge in [-0.15, -0.1) is 13.2 Å². The third-order valence-electron chi connectivity index (χ3n) is 32.9. The summed E-state index contributed by atoms with van der Waals surface area (Å²) in [4.78, 5) is 57.4. The Morgan fingerprint density at radius 2 is 1.05 bits per heavy atom. The van der Waals surface area contributed by atoms with Gasteiger partial charge in [0, 0.05) is 24.3 Å². The van der Waals surface area contributed by atoms with E-state index in [1.54, 1.807) is 20.8 Å². The Morgan fingerprint density at radius 1 is 0.525 bits per heavy atom. The number of allylic oxidation sites excluding steroid dienone is 3.